The lowest BCUT2D eigenvalue weighted by molar-refractivity contribution is 0.575. The van der Waals surface area contributed by atoms with Gasteiger partial charge in [-0.05, 0) is 35.9 Å². The molecule has 90 valence electrons. The first-order chi connectivity index (χ1) is 8.77. The highest BCUT2D eigenvalue weighted by Gasteiger charge is 2.15. The van der Waals surface area contributed by atoms with Gasteiger partial charge in [-0.1, -0.05) is 18.2 Å². The van der Waals surface area contributed by atoms with Gasteiger partial charge in [-0.3, -0.25) is 0 Å². The summed E-state index contributed by atoms with van der Waals surface area (Å²) < 4.78 is 5.42. The smallest absolute Gasteiger partial charge is 0.227 e. The van der Waals surface area contributed by atoms with Gasteiger partial charge in [0, 0.05) is 10.9 Å². The monoisotopic (exact) mass is 255 g/mol. The fourth-order valence-corrected chi connectivity index (χ4v) is 3.06. The number of rotatable bonds is 2. The van der Waals surface area contributed by atoms with E-state index >= 15 is 0 Å². The van der Waals surface area contributed by atoms with Crippen LogP contribution in [0.15, 0.2) is 45.8 Å². The zero-order valence-electron chi connectivity index (χ0n) is 10.3. The van der Waals surface area contributed by atoms with Gasteiger partial charge in [-0.15, -0.1) is 0 Å². The summed E-state index contributed by atoms with van der Waals surface area (Å²) in [5, 5.41) is 4.25. The minimum atomic E-state index is 0.689. The van der Waals surface area contributed by atoms with Crippen molar-refractivity contribution in [3.63, 3.8) is 0 Å². The maximum absolute atomic E-state index is 5.42. The molecular weight excluding hydrogens is 242 g/mol. The van der Waals surface area contributed by atoms with Crippen molar-refractivity contribution in [3.05, 3.63) is 52.5 Å². The summed E-state index contributed by atoms with van der Waals surface area (Å²) in [6.07, 6.45) is 3.29. The van der Waals surface area contributed by atoms with Crippen LogP contribution in [-0.4, -0.2) is 4.98 Å². The minimum absolute atomic E-state index is 0.689. The quantitative estimate of drug-likeness (QED) is 0.664. The van der Waals surface area contributed by atoms with Crippen molar-refractivity contribution >= 4 is 11.3 Å². The lowest BCUT2D eigenvalue weighted by Gasteiger charge is -2.09. The van der Waals surface area contributed by atoms with E-state index in [9.17, 15) is 0 Å². The Balaban J connectivity index is 2.22. The average Bonchev–Trinajstić information content (AvgIpc) is 2.98. The Morgan fingerprint density at radius 3 is 2.44 bits per heavy atom. The number of oxazole rings is 1. The molecule has 0 bridgehead atoms. The summed E-state index contributed by atoms with van der Waals surface area (Å²) >= 11 is 1.68. The molecule has 0 amide bonds. The molecule has 0 aliphatic carbocycles. The summed E-state index contributed by atoms with van der Waals surface area (Å²) in [7, 11) is 0. The van der Waals surface area contributed by atoms with E-state index in [-0.39, 0.29) is 0 Å². The Hall–Kier alpha value is -1.87. The van der Waals surface area contributed by atoms with Gasteiger partial charge in [0.25, 0.3) is 0 Å². The van der Waals surface area contributed by atoms with Crippen LogP contribution in [0.4, 0.5) is 0 Å². The maximum Gasteiger partial charge on any atom is 0.227 e. The van der Waals surface area contributed by atoms with E-state index in [4.69, 9.17) is 4.42 Å². The first-order valence-corrected chi connectivity index (χ1v) is 6.74. The Morgan fingerprint density at radius 1 is 1.06 bits per heavy atom. The van der Waals surface area contributed by atoms with Crippen LogP contribution in [0, 0.1) is 13.8 Å². The van der Waals surface area contributed by atoms with E-state index in [1.54, 1.807) is 23.8 Å². The third kappa shape index (κ3) is 1.77. The second-order valence-electron chi connectivity index (χ2n) is 4.30. The molecule has 0 N–H and O–H groups in total. The van der Waals surface area contributed by atoms with Crippen LogP contribution >= 0.6 is 11.3 Å². The molecular formula is C15H13NOS. The largest absolute Gasteiger partial charge is 0.444 e. The lowest BCUT2D eigenvalue weighted by Crippen LogP contribution is -1.88. The summed E-state index contributed by atoms with van der Waals surface area (Å²) in [6, 6.07) is 6.37. The van der Waals surface area contributed by atoms with Crippen molar-refractivity contribution in [2.24, 2.45) is 0 Å². The summed E-state index contributed by atoms with van der Waals surface area (Å²) in [6.45, 7) is 4.28. The van der Waals surface area contributed by atoms with Gasteiger partial charge in [-0.2, -0.15) is 11.3 Å². The van der Waals surface area contributed by atoms with Crippen LogP contribution in [0.2, 0.25) is 0 Å². The third-order valence-electron chi connectivity index (χ3n) is 3.08. The van der Waals surface area contributed by atoms with Gasteiger partial charge in [0.1, 0.15) is 6.26 Å². The fraction of sp³-hybridized carbons (Fsp3) is 0.133. The van der Waals surface area contributed by atoms with Gasteiger partial charge in [0.2, 0.25) is 5.89 Å². The number of hydrogen-bond donors (Lipinski definition) is 0. The molecule has 0 radical (unpaired) electrons. The molecule has 0 spiro atoms. The van der Waals surface area contributed by atoms with E-state index in [1.807, 2.05) is 0 Å². The molecule has 0 fully saturated rings. The Labute approximate surface area is 110 Å². The average molecular weight is 255 g/mol. The SMILES string of the molecule is Cc1cccc(C)c1-c1cscc1-c1ncco1. The summed E-state index contributed by atoms with van der Waals surface area (Å²) in [5.41, 5.74) is 6.12. The van der Waals surface area contributed by atoms with E-state index in [2.05, 4.69) is 47.8 Å². The van der Waals surface area contributed by atoms with Gasteiger partial charge in [0.05, 0.1) is 11.8 Å². The topological polar surface area (TPSA) is 26.0 Å². The number of thiophene rings is 1. The van der Waals surface area contributed by atoms with Crippen molar-refractivity contribution in [1.29, 1.82) is 0 Å². The molecule has 0 aliphatic heterocycles. The summed E-state index contributed by atoms with van der Waals surface area (Å²) in [4.78, 5) is 4.24. The van der Waals surface area contributed by atoms with E-state index in [0.717, 1.165) is 5.56 Å². The predicted octanol–water partition coefficient (Wildman–Crippen LogP) is 4.69. The number of hydrogen-bond acceptors (Lipinski definition) is 3. The molecule has 3 aromatic rings. The second-order valence-corrected chi connectivity index (χ2v) is 5.05. The molecule has 2 heterocycles. The highest BCUT2D eigenvalue weighted by molar-refractivity contribution is 7.08. The van der Waals surface area contributed by atoms with Crippen LogP contribution in [0.1, 0.15) is 11.1 Å². The van der Waals surface area contributed by atoms with Crippen molar-refractivity contribution in [2.45, 2.75) is 13.8 Å². The van der Waals surface area contributed by atoms with Crippen LogP contribution in [0.3, 0.4) is 0 Å². The number of aryl methyl sites for hydroxylation is 2. The summed E-state index contributed by atoms with van der Waals surface area (Å²) in [5.74, 6) is 0.689. The molecule has 0 saturated heterocycles. The van der Waals surface area contributed by atoms with Crippen molar-refractivity contribution in [1.82, 2.24) is 4.98 Å². The van der Waals surface area contributed by atoms with Crippen LogP contribution in [0.5, 0.6) is 0 Å². The third-order valence-corrected chi connectivity index (χ3v) is 3.82. The normalized spacial score (nSPS) is 10.8. The highest BCUT2D eigenvalue weighted by Crippen LogP contribution is 2.37. The predicted molar refractivity (Wildman–Crippen MR) is 74.7 cm³/mol. The van der Waals surface area contributed by atoms with E-state index in [0.29, 0.717) is 5.89 Å². The van der Waals surface area contributed by atoms with Crippen LogP contribution in [-0.2, 0) is 0 Å². The molecule has 0 atom stereocenters. The van der Waals surface area contributed by atoms with Crippen molar-refractivity contribution in [3.8, 4) is 22.6 Å². The van der Waals surface area contributed by atoms with Gasteiger partial charge in [-0.25, -0.2) is 4.98 Å². The van der Waals surface area contributed by atoms with Gasteiger partial charge < -0.3 is 4.42 Å². The standard InChI is InChI=1S/C15H13NOS/c1-10-4-3-5-11(2)14(10)12-8-18-9-13(12)15-16-6-7-17-15/h3-9H,1-2H3. The molecule has 0 saturated carbocycles. The first-order valence-electron chi connectivity index (χ1n) is 5.80. The molecule has 0 unspecified atom stereocenters. The number of aromatic nitrogens is 1. The van der Waals surface area contributed by atoms with Crippen molar-refractivity contribution < 1.29 is 4.42 Å². The van der Waals surface area contributed by atoms with Gasteiger partial charge >= 0.3 is 0 Å². The highest BCUT2D eigenvalue weighted by atomic mass is 32.1. The van der Waals surface area contributed by atoms with Gasteiger partial charge in [0.15, 0.2) is 0 Å². The van der Waals surface area contributed by atoms with Crippen LogP contribution in [0.25, 0.3) is 22.6 Å². The van der Waals surface area contributed by atoms with Crippen molar-refractivity contribution in [2.75, 3.05) is 0 Å². The lowest BCUT2D eigenvalue weighted by atomic mass is 9.95. The molecule has 2 aromatic heterocycles. The molecule has 18 heavy (non-hydrogen) atoms. The molecule has 0 aliphatic rings. The second kappa shape index (κ2) is 4.42. The molecule has 3 rings (SSSR count). The molecule has 2 nitrogen and oxygen atoms in total. The Kier molecular flexibility index (Phi) is 2.76. The minimum Gasteiger partial charge on any atom is -0.444 e. The number of nitrogens with zero attached hydrogens (tertiary/aromatic N) is 1. The fourth-order valence-electron chi connectivity index (χ4n) is 2.25. The Morgan fingerprint density at radius 2 is 1.78 bits per heavy atom. The van der Waals surface area contributed by atoms with E-state index in [1.165, 1.54) is 22.3 Å². The Bertz CT molecular complexity index is 647. The number of benzene rings is 1. The van der Waals surface area contributed by atoms with E-state index < -0.39 is 0 Å². The van der Waals surface area contributed by atoms with Crippen LogP contribution < -0.4 is 0 Å². The first kappa shape index (κ1) is 11.2. The molecule has 3 heteroatoms. The maximum atomic E-state index is 5.42. The molecule has 1 aromatic carbocycles. The zero-order chi connectivity index (χ0) is 12.5. The zero-order valence-corrected chi connectivity index (χ0v) is 11.1.